The third kappa shape index (κ3) is 3.54. The molecule has 1 fully saturated rings. The molecule has 1 amide bonds. The normalized spacial score (nSPS) is 17.5. The topological polar surface area (TPSA) is 70.9 Å². The maximum atomic E-state index is 12.0. The fourth-order valence-electron chi connectivity index (χ4n) is 2.03. The van der Waals surface area contributed by atoms with Gasteiger partial charge in [-0.3, -0.25) is 4.79 Å². The summed E-state index contributed by atoms with van der Waals surface area (Å²) in [6, 6.07) is 14.0. The Morgan fingerprint density at radius 1 is 1.17 bits per heavy atom. The van der Waals surface area contributed by atoms with E-state index in [1.54, 1.807) is 37.5 Å². The predicted octanol–water partition coefficient (Wildman–Crippen LogP) is 3.29. The number of phenolic OH excluding ortho intramolecular Hbond substituents is 1. The summed E-state index contributed by atoms with van der Waals surface area (Å²) in [5.41, 5.74) is 1.49. The molecule has 1 saturated heterocycles. The van der Waals surface area contributed by atoms with E-state index in [9.17, 15) is 9.90 Å². The molecule has 0 aliphatic carbocycles. The summed E-state index contributed by atoms with van der Waals surface area (Å²) in [7, 11) is 1.58. The highest BCUT2D eigenvalue weighted by molar-refractivity contribution is 8.18. The molecule has 2 aromatic rings. The second-order valence-electron chi connectivity index (χ2n) is 4.75. The van der Waals surface area contributed by atoms with Crippen molar-refractivity contribution in [3.8, 4) is 11.5 Å². The highest BCUT2D eigenvalue weighted by atomic mass is 32.2. The summed E-state index contributed by atoms with van der Waals surface area (Å²) in [6.45, 7) is 0. The van der Waals surface area contributed by atoms with Crippen molar-refractivity contribution in [2.45, 2.75) is 0 Å². The second kappa shape index (κ2) is 6.58. The van der Waals surface area contributed by atoms with Gasteiger partial charge >= 0.3 is 0 Å². The number of carbonyl (C=O) groups excluding carboxylic acids is 1. The Hall–Kier alpha value is -2.73. The van der Waals surface area contributed by atoms with Gasteiger partial charge in [0.1, 0.15) is 17.2 Å². The maximum Gasteiger partial charge on any atom is 0.264 e. The molecule has 3 rings (SSSR count). The summed E-state index contributed by atoms with van der Waals surface area (Å²) in [5, 5.41) is 12.5. The average molecular weight is 326 g/mol. The molecular weight excluding hydrogens is 312 g/mol. The van der Waals surface area contributed by atoms with Gasteiger partial charge in [0.2, 0.25) is 0 Å². The first-order valence-electron chi connectivity index (χ1n) is 6.87. The van der Waals surface area contributed by atoms with E-state index >= 15 is 0 Å². The van der Waals surface area contributed by atoms with Crippen molar-refractivity contribution in [3.05, 3.63) is 59.0 Å². The van der Waals surface area contributed by atoms with Gasteiger partial charge in [-0.15, -0.1) is 0 Å². The first-order valence-corrected chi connectivity index (χ1v) is 7.69. The molecule has 23 heavy (non-hydrogen) atoms. The lowest BCUT2D eigenvalue weighted by atomic mass is 10.2. The minimum atomic E-state index is -0.197. The van der Waals surface area contributed by atoms with E-state index < -0.39 is 0 Å². The van der Waals surface area contributed by atoms with E-state index in [0.717, 1.165) is 5.56 Å². The van der Waals surface area contributed by atoms with Gasteiger partial charge in [0.25, 0.3) is 5.91 Å². The zero-order valence-corrected chi connectivity index (χ0v) is 13.1. The highest BCUT2D eigenvalue weighted by Crippen LogP contribution is 2.31. The van der Waals surface area contributed by atoms with Crippen molar-refractivity contribution in [2.24, 2.45) is 4.99 Å². The van der Waals surface area contributed by atoms with Crippen molar-refractivity contribution >= 4 is 34.6 Å². The van der Waals surface area contributed by atoms with Crippen LogP contribution in [0.1, 0.15) is 5.56 Å². The number of para-hydroxylation sites is 2. The fraction of sp³-hybridized carbons (Fsp3) is 0.0588. The lowest BCUT2D eigenvalue weighted by molar-refractivity contribution is -0.115. The van der Waals surface area contributed by atoms with E-state index in [2.05, 4.69) is 10.3 Å². The Morgan fingerprint density at radius 3 is 2.65 bits per heavy atom. The number of nitrogens with one attached hydrogen (secondary N) is 1. The molecule has 0 saturated carbocycles. The second-order valence-corrected chi connectivity index (χ2v) is 5.78. The van der Waals surface area contributed by atoms with Crippen LogP contribution in [0.15, 0.2) is 58.4 Å². The van der Waals surface area contributed by atoms with Gasteiger partial charge in [0.05, 0.1) is 12.0 Å². The molecule has 116 valence electrons. The van der Waals surface area contributed by atoms with Gasteiger partial charge in [0.15, 0.2) is 5.17 Å². The van der Waals surface area contributed by atoms with Crippen LogP contribution < -0.4 is 10.1 Å². The van der Waals surface area contributed by atoms with Crippen molar-refractivity contribution < 1.29 is 14.6 Å². The number of amidine groups is 1. The molecule has 2 aromatic carbocycles. The number of amides is 1. The highest BCUT2D eigenvalue weighted by Gasteiger charge is 2.24. The van der Waals surface area contributed by atoms with Crippen LogP contribution in [0.2, 0.25) is 0 Å². The Morgan fingerprint density at radius 2 is 1.91 bits per heavy atom. The number of aromatic hydroxyl groups is 1. The number of hydrogen-bond acceptors (Lipinski definition) is 5. The molecule has 0 aromatic heterocycles. The number of thioether (sulfide) groups is 1. The van der Waals surface area contributed by atoms with Crippen LogP contribution >= 0.6 is 11.8 Å². The average Bonchev–Trinajstić information content (AvgIpc) is 2.89. The van der Waals surface area contributed by atoms with Crippen LogP contribution in [0.4, 0.5) is 5.69 Å². The van der Waals surface area contributed by atoms with Crippen LogP contribution in [0, 0.1) is 0 Å². The van der Waals surface area contributed by atoms with Gasteiger partial charge in [-0.1, -0.05) is 24.3 Å². The van der Waals surface area contributed by atoms with Crippen LogP contribution in [0.25, 0.3) is 6.08 Å². The summed E-state index contributed by atoms with van der Waals surface area (Å²) in [5.74, 6) is 0.636. The number of rotatable bonds is 3. The minimum absolute atomic E-state index is 0.189. The van der Waals surface area contributed by atoms with E-state index in [-0.39, 0.29) is 11.7 Å². The van der Waals surface area contributed by atoms with Crippen LogP contribution in [-0.2, 0) is 4.79 Å². The van der Waals surface area contributed by atoms with Crippen molar-refractivity contribution in [3.63, 3.8) is 0 Å². The van der Waals surface area contributed by atoms with E-state index in [0.29, 0.717) is 21.5 Å². The number of hydrogen-bond donors (Lipinski definition) is 2. The van der Waals surface area contributed by atoms with E-state index in [1.807, 2.05) is 24.3 Å². The molecule has 0 unspecified atom stereocenters. The largest absolute Gasteiger partial charge is 0.508 e. The molecule has 1 heterocycles. The molecule has 1 aliphatic heterocycles. The van der Waals surface area contributed by atoms with Gasteiger partial charge < -0.3 is 15.2 Å². The molecule has 0 spiro atoms. The van der Waals surface area contributed by atoms with Crippen molar-refractivity contribution in [1.29, 1.82) is 0 Å². The molecule has 0 atom stereocenters. The van der Waals surface area contributed by atoms with Crippen LogP contribution in [0.5, 0.6) is 11.5 Å². The Bertz CT molecular complexity index is 798. The summed E-state index contributed by atoms with van der Waals surface area (Å²) < 4.78 is 5.25. The summed E-state index contributed by atoms with van der Waals surface area (Å²) in [4.78, 5) is 17.0. The molecule has 1 aliphatic rings. The monoisotopic (exact) mass is 326 g/mol. The van der Waals surface area contributed by atoms with Gasteiger partial charge in [-0.05, 0) is 47.7 Å². The summed E-state index contributed by atoms with van der Waals surface area (Å²) in [6.07, 6.45) is 1.75. The van der Waals surface area contributed by atoms with E-state index in [4.69, 9.17) is 4.74 Å². The number of carbonyl (C=O) groups is 1. The summed E-state index contributed by atoms with van der Waals surface area (Å²) >= 11 is 1.26. The first-order chi connectivity index (χ1) is 11.2. The fourth-order valence-corrected chi connectivity index (χ4v) is 2.87. The number of aliphatic imine (C=N–C) groups is 1. The SMILES string of the molecule is COc1ccccc1N=C1NC(=O)/C(=C\c2ccc(O)cc2)S1. The molecule has 5 nitrogen and oxygen atoms in total. The number of ether oxygens (including phenoxy) is 1. The Balaban J connectivity index is 1.84. The molecule has 0 radical (unpaired) electrons. The van der Waals surface area contributed by atoms with Crippen LogP contribution in [-0.4, -0.2) is 23.3 Å². The lowest BCUT2D eigenvalue weighted by Gasteiger charge is -2.03. The van der Waals surface area contributed by atoms with Gasteiger partial charge in [-0.25, -0.2) is 4.99 Å². The number of phenols is 1. The van der Waals surface area contributed by atoms with Gasteiger partial charge in [0, 0.05) is 0 Å². The quantitative estimate of drug-likeness (QED) is 0.849. The van der Waals surface area contributed by atoms with Crippen LogP contribution in [0.3, 0.4) is 0 Å². The smallest absolute Gasteiger partial charge is 0.264 e. The lowest BCUT2D eigenvalue weighted by Crippen LogP contribution is -2.19. The third-order valence-corrected chi connectivity index (χ3v) is 4.06. The zero-order valence-electron chi connectivity index (χ0n) is 12.3. The van der Waals surface area contributed by atoms with Crippen molar-refractivity contribution in [1.82, 2.24) is 5.32 Å². The standard InChI is InChI=1S/C17H14N2O3S/c1-22-14-5-3-2-4-13(14)18-17-19-16(21)15(23-17)10-11-6-8-12(20)9-7-11/h2-10,20H,1H3,(H,18,19,21)/b15-10+. The number of benzene rings is 2. The number of methoxy groups -OCH3 is 1. The maximum absolute atomic E-state index is 12.0. The predicted molar refractivity (Wildman–Crippen MR) is 91.9 cm³/mol. The molecule has 2 N–H and O–H groups in total. The molecular formula is C17H14N2O3S. The molecule has 6 heteroatoms. The zero-order chi connectivity index (χ0) is 16.2. The van der Waals surface area contributed by atoms with Gasteiger partial charge in [-0.2, -0.15) is 0 Å². The molecule has 0 bridgehead atoms. The third-order valence-electron chi connectivity index (χ3n) is 3.15. The van der Waals surface area contributed by atoms with Crippen molar-refractivity contribution in [2.75, 3.05) is 7.11 Å². The minimum Gasteiger partial charge on any atom is -0.508 e. The Kier molecular flexibility index (Phi) is 4.34. The van der Waals surface area contributed by atoms with E-state index in [1.165, 1.54) is 11.8 Å². The Labute approximate surface area is 137 Å². The first kappa shape index (κ1) is 15.2. The number of nitrogens with zero attached hydrogens (tertiary/aromatic N) is 1.